The molecule has 0 fully saturated rings. The van der Waals surface area contributed by atoms with E-state index in [0.29, 0.717) is 12.5 Å². The topological polar surface area (TPSA) is 36.4 Å². The van der Waals surface area contributed by atoms with Crippen molar-refractivity contribution in [2.75, 3.05) is 20.1 Å². The average Bonchev–Trinajstić information content (AvgIpc) is 2.38. The molecule has 0 saturated carbocycles. The second-order valence-corrected chi connectivity index (χ2v) is 6.09. The minimum absolute atomic E-state index is 0.169. The van der Waals surface area contributed by atoms with Crippen molar-refractivity contribution in [3.8, 4) is 0 Å². The van der Waals surface area contributed by atoms with Gasteiger partial charge in [-0.3, -0.25) is 4.99 Å². The number of halogens is 1. The molecule has 0 saturated heterocycles. The Morgan fingerprint density at radius 3 is 2.55 bits per heavy atom. The fourth-order valence-corrected chi connectivity index (χ4v) is 1.84. The lowest BCUT2D eigenvalue weighted by molar-refractivity contribution is 0.500. The number of nitrogens with zero attached hydrogens (tertiary/aromatic N) is 1. The predicted molar refractivity (Wildman–Crippen MR) is 83.6 cm³/mol. The molecule has 1 aromatic carbocycles. The van der Waals surface area contributed by atoms with E-state index < -0.39 is 0 Å². The zero-order valence-corrected chi connectivity index (χ0v) is 13.1. The fourth-order valence-electron chi connectivity index (χ4n) is 1.84. The van der Waals surface area contributed by atoms with Crippen LogP contribution >= 0.6 is 0 Å². The van der Waals surface area contributed by atoms with Crippen molar-refractivity contribution >= 4 is 5.96 Å². The third-order valence-electron chi connectivity index (χ3n) is 3.21. The maximum Gasteiger partial charge on any atom is 0.191 e. The summed E-state index contributed by atoms with van der Waals surface area (Å²) < 4.78 is 13.3. The molecule has 0 radical (unpaired) electrons. The van der Waals surface area contributed by atoms with Gasteiger partial charge in [0.15, 0.2) is 5.96 Å². The molecule has 112 valence electrons. The second kappa shape index (κ2) is 7.27. The van der Waals surface area contributed by atoms with E-state index in [0.717, 1.165) is 18.1 Å². The first-order valence-electron chi connectivity index (χ1n) is 7.05. The molecule has 0 bridgehead atoms. The highest BCUT2D eigenvalue weighted by Gasteiger charge is 2.21. The standard InChI is InChI=1S/C16H26FN3/c1-12(2)10-19-15(18-5)20-11-16(3,4)13-7-6-8-14(17)9-13/h6-9,12H,10-11H2,1-5H3,(H2,18,19,20). The van der Waals surface area contributed by atoms with E-state index >= 15 is 0 Å². The normalized spacial score (nSPS) is 12.7. The molecule has 1 aromatic rings. The summed E-state index contributed by atoms with van der Waals surface area (Å²) in [7, 11) is 1.75. The average molecular weight is 279 g/mol. The first kappa shape index (κ1) is 16.5. The number of benzene rings is 1. The summed E-state index contributed by atoms with van der Waals surface area (Å²) in [6.45, 7) is 10.0. The van der Waals surface area contributed by atoms with E-state index in [1.807, 2.05) is 6.07 Å². The van der Waals surface area contributed by atoms with E-state index in [9.17, 15) is 4.39 Å². The van der Waals surface area contributed by atoms with E-state index in [1.165, 1.54) is 6.07 Å². The van der Waals surface area contributed by atoms with Gasteiger partial charge in [-0.15, -0.1) is 0 Å². The van der Waals surface area contributed by atoms with Gasteiger partial charge in [0.2, 0.25) is 0 Å². The van der Waals surface area contributed by atoms with Gasteiger partial charge in [-0.1, -0.05) is 39.8 Å². The Labute approximate surface area is 121 Å². The molecular formula is C16H26FN3. The van der Waals surface area contributed by atoms with Crippen molar-refractivity contribution in [3.63, 3.8) is 0 Å². The molecule has 0 heterocycles. The molecule has 0 spiro atoms. The van der Waals surface area contributed by atoms with E-state index in [2.05, 4.69) is 43.3 Å². The summed E-state index contributed by atoms with van der Waals surface area (Å²) >= 11 is 0. The number of hydrogen-bond donors (Lipinski definition) is 2. The van der Waals surface area contributed by atoms with Crippen LogP contribution in [0.2, 0.25) is 0 Å². The summed E-state index contributed by atoms with van der Waals surface area (Å²) in [4.78, 5) is 4.19. The van der Waals surface area contributed by atoms with Gasteiger partial charge >= 0.3 is 0 Å². The Hall–Kier alpha value is -1.58. The molecule has 0 aliphatic rings. The first-order chi connectivity index (χ1) is 9.35. The SMILES string of the molecule is CN=C(NCC(C)C)NCC(C)(C)c1cccc(F)c1. The number of rotatable bonds is 5. The molecule has 0 unspecified atom stereocenters. The fraction of sp³-hybridized carbons (Fsp3) is 0.562. The van der Waals surface area contributed by atoms with Gasteiger partial charge in [-0.25, -0.2) is 4.39 Å². The van der Waals surface area contributed by atoms with Crippen LogP contribution in [0.4, 0.5) is 4.39 Å². The summed E-state index contributed by atoms with van der Waals surface area (Å²) in [5, 5.41) is 6.57. The Morgan fingerprint density at radius 2 is 2.00 bits per heavy atom. The van der Waals surface area contributed by atoms with Gasteiger partial charge in [0.1, 0.15) is 5.82 Å². The molecule has 3 nitrogen and oxygen atoms in total. The quantitative estimate of drug-likeness (QED) is 0.642. The van der Waals surface area contributed by atoms with Gasteiger partial charge < -0.3 is 10.6 Å². The lowest BCUT2D eigenvalue weighted by Gasteiger charge is -2.27. The van der Waals surface area contributed by atoms with Crippen LogP contribution in [-0.2, 0) is 5.41 Å². The van der Waals surface area contributed by atoms with E-state index in [-0.39, 0.29) is 11.2 Å². The summed E-state index contributed by atoms with van der Waals surface area (Å²) in [5.74, 6) is 1.14. The van der Waals surface area contributed by atoms with Crippen molar-refractivity contribution in [2.45, 2.75) is 33.1 Å². The third-order valence-corrected chi connectivity index (χ3v) is 3.21. The Bertz CT molecular complexity index is 453. The predicted octanol–water partition coefficient (Wildman–Crippen LogP) is 2.92. The lowest BCUT2D eigenvalue weighted by Crippen LogP contribution is -2.44. The molecule has 4 heteroatoms. The van der Waals surface area contributed by atoms with Crippen LogP contribution in [0.25, 0.3) is 0 Å². The van der Waals surface area contributed by atoms with Crippen LogP contribution in [0.1, 0.15) is 33.3 Å². The van der Waals surface area contributed by atoms with Crippen molar-refractivity contribution < 1.29 is 4.39 Å². The molecule has 1 rings (SSSR count). The van der Waals surface area contributed by atoms with Crippen LogP contribution < -0.4 is 10.6 Å². The van der Waals surface area contributed by atoms with Gasteiger partial charge in [0.05, 0.1) is 0 Å². The van der Waals surface area contributed by atoms with Crippen LogP contribution in [0.15, 0.2) is 29.3 Å². The molecule has 0 aromatic heterocycles. The summed E-state index contributed by atoms with van der Waals surface area (Å²) in [5.41, 5.74) is 0.807. The minimum atomic E-state index is -0.196. The largest absolute Gasteiger partial charge is 0.356 e. The van der Waals surface area contributed by atoms with Crippen LogP contribution in [0.5, 0.6) is 0 Å². The highest BCUT2D eigenvalue weighted by Crippen LogP contribution is 2.22. The van der Waals surface area contributed by atoms with Crippen molar-refractivity contribution in [1.82, 2.24) is 10.6 Å². The molecule has 0 amide bonds. The van der Waals surface area contributed by atoms with E-state index in [4.69, 9.17) is 0 Å². The van der Waals surface area contributed by atoms with Gasteiger partial charge in [0, 0.05) is 25.6 Å². The monoisotopic (exact) mass is 279 g/mol. The van der Waals surface area contributed by atoms with Gasteiger partial charge in [0.25, 0.3) is 0 Å². The van der Waals surface area contributed by atoms with Gasteiger partial charge in [-0.2, -0.15) is 0 Å². The molecular weight excluding hydrogens is 253 g/mol. The number of guanidine groups is 1. The lowest BCUT2D eigenvalue weighted by atomic mass is 9.84. The number of aliphatic imine (C=N–C) groups is 1. The maximum absolute atomic E-state index is 13.3. The zero-order chi connectivity index (χ0) is 15.2. The van der Waals surface area contributed by atoms with E-state index in [1.54, 1.807) is 19.2 Å². The highest BCUT2D eigenvalue weighted by atomic mass is 19.1. The van der Waals surface area contributed by atoms with Crippen molar-refractivity contribution in [1.29, 1.82) is 0 Å². The highest BCUT2D eigenvalue weighted by molar-refractivity contribution is 5.79. The third kappa shape index (κ3) is 5.19. The zero-order valence-electron chi connectivity index (χ0n) is 13.1. The Morgan fingerprint density at radius 1 is 1.30 bits per heavy atom. The first-order valence-corrected chi connectivity index (χ1v) is 7.05. The summed E-state index contributed by atoms with van der Waals surface area (Å²) in [6.07, 6.45) is 0. The molecule has 2 N–H and O–H groups in total. The Balaban J connectivity index is 2.62. The van der Waals surface area contributed by atoms with Crippen LogP contribution in [0, 0.1) is 11.7 Å². The summed E-state index contributed by atoms with van der Waals surface area (Å²) in [6, 6.07) is 6.76. The smallest absolute Gasteiger partial charge is 0.191 e. The van der Waals surface area contributed by atoms with Crippen LogP contribution in [0.3, 0.4) is 0 Å². The molecule has 20 heavy (non-hydrogen) atoms. The second-order valence-electron chi connectivity index (χ2n) is 6.09. The molecule has 0 aliphatic heterocycles. The minimum Gasteiger partial charge on any atom is -0.356 e. The van der Waals surface area contributed by atoms with Crippen LogP contribution in [-0.4, -0.2) is 26.1 Å². The Kier molecular flexibility index (Phi) is 5.99. The van der Waals surface area contributed by atoms with Crippen molar-refractivity contribution in [3.05, 3.63) is 35.6 Å². The van der Waals surface area contributed by atoms with Gasteiger partial charge in [-0.05, 0) is 23.6 Å². The number of nitrogens with one attached hydrogen (secondary N) is 2. The number of hydrogen-bond acceptors (Lipinski definition) is 1. The molecule has 0 atom stereocenters. The molecule has 0 aliphatic carbocycles. The maximum atomic E-state index is 13.3. The van der Waals surface area contributed by atoms with Crippen molar-refractivity contribution in [2.24, 2.45) is 10.9 Å².